The number of rotatable bonds is 4. The molecule has 0 spiro atoms. The van der Waals surface area contributed by atoms with Crippen LogP contribution >= 0.6 is 11.6 Å². The first-order valence-corrected chi connectivity index (χ1v) is 5.95. The summed E-state index contributed by atoms with van der Waals surface area (Å²) in [5.74, 6) is -1.07. The highest BCUT2D eigenvalue weighted by Gasteiger charge is 2.12. The molecular weight excluding hydrogens is 240 g/mol. The Labute approximate surface area is 105 Å². The van der Waals surface area contributed by atoms with Crippen LogP contribution in [-0.2, 0) is 16.0 Å². The number of aryl methyl sites for hydroxylation is 1. The van der Waals surface area contributed by atoms with Gasteiger partial charge in [0.1, 0.15) is 0 Å². The molecule has 0 aromatic heterocycles. The maximum absolute atomic E-state index is 11.4. The number of nitrogens with one attached hydrogen (secondary N) is 2. The second kappa shape index (κ2) is 6.91. The molecule has 0 radical (unpaired) electrons. The molecule has 4 nitrogen and oxygen atoms in total. The summed E-state index contributed by atoms with van der Waals surface area (Å²) in [6.07, 6.45) is 0.935. The highest BCUT2D eigenvalue weighted by molar-refractivity contribution is 6.39. The molecule has 0 atom stereocenters. The molecule has 0 heterocycles. The number of halogens is 1. The van der Waals surface area contributed by atoms with E-state index < -0.39 is 11.8 Å². The predicted molar refractivity (Wildman–Crippen MR) is 68.2 cm³/mol. The van der Waals surface area contributed by atoms with Crippen LogP contribution in [0.2, 0.25) is 0 Å². The van der Waals surface area contributed by atoms with E-state index in [4.69, 9.17) is 11.6 Å². The highest BCUT2D eigenvalue weighted by atomic mass is 35.5. The molecule has 17 heavy (non-hydrogen) atoms. The SMILES string of the molecule is CCc1ccc(NC(=O)C(=O)NCCCl)cc1. The third-order valence-electron chi connectivity index (χ3n) is 2.21. The number of benzene rings is 1. The Kier molecular flexibility index (Phi) is 5.49. The molecule has 0 fully saturated rings. The van der Waals surface area contributed by atoms with E-state index in [2.05, 4.69) is 10.6 Å². The molecule has 0 aliphatic carbocycles. The quantitative estimate of drug-likeness (QED) is 0.633. The van der Waals surface area contributed by atoms with Crippen LogP contribution in [-0.4, -0.2) is 24.2 Å². The van der Waals surface area contributed by atoms with E-state index in [-0.39, 0.29) is 12.4 Å². The van der Waals surface area contributed by atoms with Crippen molar-refractivity contribution in [2.24, 2.45) is 0 Å². The Morgan fingerprint density at radius 2 is 1.82 bits per heavy atom. The molecule has 92 valence electrons. The number of alkyl halides is 1. The number of hydrogen-bond acceptors (Lipinski definition) is 2. The minimum absolute atomic E-state index is 0.280. The van der Waals surface area contributed by atoms with Crippen molar-refractivity contribution in [3.63, 3.8) is 0 Å². The van der Waals surface area contributed by atoms with Crippen molar-refractivity contribution in [2.75, 3.05) is 17.7 Å². The van der Waals surface area contributed by atoms with Crippen molar-refractivity contribution in [3.8, 4) is 0 Å². The van der Waals surface area contributed by atoms with Crippen LogP contribution in [0.1, 0.15) is 12.5 Å². The van der Waals surface area contributed by atoms with Gasteiger partial charge >= 0.3 is 11.8 Å². The lowest BCUT2D eigenvalue weighted by molar-refractivity contribution is -0.136. The molecule has 2 amide bonds. The Morgan fingerprint density at radius 3 is 2.35 bits per heavy atom. The Bertz CT molecular complexity index is 390. The third-order valence-corrected chi connectivity index (χ3v) is 2.40. The monoisotopic (exact) mass is 254 g/mol. The zero-order chi connectivity index (χ0) is 12.7. The van der Waals surface area contributed by atoms with E-state index in [1.54, 1.807) is 12.1 Å². The molecule has 0 aliphatic heterocycles. The summed E-state index contributed by atoms with van der Waals surface area (Å²) in [5, 5.41) is 4.90. The van der Waals surface area contributed by atoms with Gasteiger partial charge in [-0.2, -0.15) is 0 Å². The molecule has 1 aromatic rings. The first-order chi connectivity index (χ1) is 8.17. The summed E-state index contributed by atoms with van der Waals surface area (Å²) in [7, 11) is 0. The van der Waals surface area contributed by atoms with Crippen LogP contribution in [0.4, 0.5) is 5.69 Å². The standard InChI is InChI=1S/C12H15ClN2O2/c1-2-9-3-5-10(6-4-9)15-12(17)11(16)14-8-7-13/h3-6H,2,7-8H2,1H3,(H,14,16)(H,15,17). The van der Waals surface area contributed by atoms with E-state index in [1.807, 2.05) is 19.1 Å². The summed E-state index contributed by atoms with van der Waals surface area (Å²) in [4.78, 5) is 22.7. The summed E-state index contributed by atoms with van der Waals surface area (Å²) < 4.78 is 0. The lowest BCUT2D eigenvalue weighted by Crippen LogP contribution is -2.36. The number of hydrogen-bond donors (Lipinski definition) is 2. The van der Waals surface area contributed by atoms with E-state index in [1.165, 1.54) is 5.56 Å². The molecule has 1 rings (SSSR count). The van der Waals surface area contributed by atoms with Gasteiger partial charge in [-0.15, -0.1) is 11.6 Å². The first-order valence-electron chi connectivity index (χ1n) is 5.41. The van der Waals surface area contributed by atoms with E-state index >= 15 is 0 Å². The molecule has 0 saturated carbocycles. The van der Waals surface area contributed by atoms with Gasteiger partial charge in [-0.3, -0.25) is 9.59 Å². The zero-order valence-electron chi connectivity index (χ0n) is 9.63. The van der Waals surface area contributed by atoms with Crippen molar-refractivity contribution in [3.05, 3.63) is 29.8 Å². The number of anilines is 1. The van der Waals surface area contributed by atoms with E-state index in [0.717, 1.165) is 6.42 Å². The largest absolute Gasteiger partial charge is 0.347 e. The van der Waals surface area contributed by atoms with Gasteiger partial charge in [0, 0.05) is 18.1 Å². The van der Waals surface area contributed by atoms with Gasteiger partial charge in [0.15, 0.2) is 0 Å². The average Bonchev–Trinajstić information content (AvgIpc) is 2.36. The van der Waals surface area contributed by atoms with Gasteiger partial charge in [-0.1, -0.05) is 19.1 Å². The minimum atomic E-state index is -0.681. The van der Waals surface area contributed by atoms with Crippen molar-refractivity contribution in [2.45, 2.75) is 13.3 Å². The fraction of sp³-hybridized carbons (Fsp3) is 0.333. The fourth-order valence-electron chi connectivity index (χ4n) is 1.25. The Hall–Kier alpha value is -1.55. The molecule has 0 aliphatic rings. The van der Waals surface area contributed by atoms with Gasteiger partial charge in [0.2, 0.25) is 0 Å². The number of carbonyl (C=O) groups excluding carboxylic acids is 2. The molecule has 1 aromatic carbocycles. The van der Waals surface area contributed by atoms with Crippen molar-refractivity contribution in [1.82, 2.24) is 5.32 Å². The third kappa shape index (κ3) is 4.44. The summed E-state index contributed by atoms with van der Waals surface area (Å²) in [6.45, 7) is 2.33. The minimum Gasteiger partial charge on any atom is -0.347 e. The molecule has 0 saturated heterocycles. The molecule has 0 unspecified atom stereocenters. The van der Waals surface area contributed by atoms with Crippen molar-refractivity contribution >= 4 is 29.1 Å². The summed E-state index contributed by atoms with van der Waals surface area (Å²) in [6, 6.07) is 7.36. The topological polar surface area (TPSA) is 58.2 Å². The van der Waals surface area contributed by atoms with Gasteiger partial charge in [0.05, 0.1) is 0 Å². The Morgan fingerprint density at radius 1 is 1.18 bits per heavy atom. The maximum Gasteiger partial charge on any atom is 0.313 e. The number of carbonyl (C=O) groups is 2. The van der Waals surface area contributed by atoms with Gasteiger partial charge in [-0.25, -0.2) is 0 Å². The van der Waals surface area contributed by atoms with E-state index in [9.17, 15) is 9.59 Å². The highest BCUT2D eigenvalue weighted by Crippen LogP contribution is 2.09. The smallest absolute Gasteiger partial charge is 0.313 e. The lowest BCUT2D eigenvalue weighted by Gasteiger charge is -2.05. The van der Waals surface area contributed by atoms with Crippen LogP contribution < -0.4 is 10.6 Å². The molecule has 5 heteroatoms. The van der Waals surface area contributed by atoms with Crippen LogP contribution in [0.25, 0.3) is 0 Å². The predicted octanol–water partition coefficient (Wildman–Crippen LogP) is 1.54. The lowest BCUT2D eigenvalue weighted by atomic mass is 10.1. The summed E-state index contributed by atoms with van der Waals surface area (Å²) >= 11 is 5.40. The van der Waals surface area contributed by atoms with E-state index in [0.29, 0.717) is 5.69 Å². The maximum atomic E-state index is 11.4. The van der Waals surface area contributed by atoms with Gasteiger partial charge in [-0.05, 0) is 24.1 Å². The Balaban J connectivity index is 2.52. The van der Waals surface area contributed by atoms with Crippen LogP contribution in [0, 0.1) is 0 Å². The molecular formula is C12H15ClN2O2. The summed E-state index contributed by atoms with van der Waals surface area (Å²) in [5.41, 5.74) is 1.78. The second-order valence-corrected chi connectivity index (χ2v) is 3.83. The average molecular weight is 255 g/mol. The number of amides is 2. The fourth-order valence-corrected chi connectivity index (χ4v) is 1.35. The first kappa shape index (κ1) is 13.5. The molecule has 0 bridgehead atoms. The van der Waals surface area contributed by atoms with Crippen LogP contribution in [0.15, 0.2) is 24.3 Å². The van der Waals surface area contributed by atoms with Gasteiger partial charge in [0.25, 0.3) is 0 Å². The zero-order valence-corrected chi connectivity index (χ0v) is 10.4. The normalized spacial score (nSPS) is 9.76. The van der Waals surface area contributed by atoms with Gasteiger partial charge < -0.3 is 10.6 Å². The van der Waals surface area contributed by atoms with Crippen molar-refractivity contribution in [1.29, 1.82) is 0 Å². The van der Waals surface area contributed by atoms with Crippen LogP contribution in [0.3, 0.4) is 0 Å². The van der Waals surface area contributed by atoms with Crippen LogP contribution in [0.5, 0.6) is 0 Å². The van der Waals surface area contributed by atoms with Crippen molar-refractivity contribution < 1.29 is 9.59 Å². The second-order valence-electron chi connectivity index (χ2n) is 3.45. The molecule has 2 N–H and O–H groups in total.